The van der Waals surface area contributed by atoms with E-state index in [-0.39, 0.29) is 24.0 Å². The summed E-state index contributed by atoms with van der Waals surface area (Å²) >= 11 is 5.87. The van der Waals surface area contributed by atoms with Crippen LogP contribution < -0.4 is 5.32 Å². The number of amides is 1. The van der Waals surface area contributed by atoms with Gasteiger partial charge in [-0.3, -0.25) is 9.00 Å². The molecule has 0 aliphatic heterocycles. The van der Waals surface area contributed by atoms with Crippen LogP contribution in [0, 0.1) is 6.92 Å². The Labute approximate surface area is 159 Å². The van der Waals surface area contributed by atoms with E-state index >= 15 is 0 Å². The van der Waals surface area contributed by atoms with E-state index in [1.807, 2.05) is 0 Å². The maximum absolute atomic E-state index is 12.2. The largest absolute Gasteiger partial charge is 0.441 e. The molecule has 1 aromatic heterocycles. The predicted molar refractivity (Wildman–Crippen MR) is 99.2 cm³/mol. The number of carbonyl (C=O) groups is 1. The number of rotatable bonds is 9. The Bertz CT molecular complexity index is 759. The highest BCUT2D eigenvalue weighted by atomic mass is 35.5. The smallest absolute Gasteiger partial charge is 0.232 e. The lowest BCUT2D eigenvalue weighted by Gasteiger charge is -2.13. The van der Waals surface area contributed by atoms with Gasteiger partial charge in [-0.25, -0.2) is 4.98 Å². The molecule has 2 aromatic rings. The van der Waals surface area contributed by atoms with E-state index in [2.05, 4.69) is 10.3 Å². The van der Waals surface area contributed by atoms with Gasteiger partial charge in [0.15, 0.2) is 6.29 Å². The van der Waals surface area contributed by atoms with Crippen LogP contribution in [0.2, 0.25) is 5.02 Å². The van der Waals surface area contributed by atoms with Crippen LogP contribution in [0.15, 0.2) is 28.7 Å². The summed E-state index contributed by atoms with van der Waals surface area (Å²) in [6, 6.07) is 7.07. The fourth-order valence-electron chi connectivity index (χ4n) is 2.14. The molecule has 0 aliphatic rings. The molecule has 9 heteroatoms. The van der Waals surface area contributed by atoms with Crippen LogP contribution >= 0.6 is 11.6 Å². The molecule has 0 bridgehead atoms. The lowest BCUT2D eigenvalue weighted by molar-refractivity contribution is -0.125. The summed E-state index contributed by atoms with van der Waals surface area (Å²) in [6.07, 6.45) is -0.535. The first-order valence-corrected chi connectivity index (χ1v) is 9.69. The molecule has 1 aromatic carbocycles. The highest BCUT2D eigenvalue weighted by molar-refractivity contribution is 7.84. The number of aryl methyl sites for hydroxylation is 1. The van der Waals surface area contributed by atoms with Crippen LogP contribution in [0.25, 0.3) is 11.5 Å². The van der Waals surface area contributed by atoms with Crippen molar-refractivity contribution < 1.29 is 22.9 Å². The number of halogens is 1. The van der Waals surface area contributed by atoms with E-state index in [0.717, 1.165) is 5.56 Å². The van der Waals surface area contributed by atoms with Crippen molar-refractivity contribution >= 4 is 28.3 Å². The lowest BCUT2D eigenvalue weighted by Crippen LogP contribution is -2.36. The normalized spacial score (nSPS) is 12.3. The van der Waals surface area contributed by atoms with Gasteiger partial charge in [0.05, 0.1) is 18.0 Å². The molecule has 142 valence electrons. The third-order valence-electron chi connectivity index (χ3n) is 3.57. The minimum Gasteiger partial charge on any atom is -0.441 e. The average Bonchev–Trinajstić information content (AvgIpc) is 2.97. The number of carbonyl (C=O) groups excluding carboxylic acids is 1. The van der Waals surface area contributed by atoms with Crippen LogP contribution in [0.4, 0.5) is 0 Å². The number of aromatic nitrogens is 1. The molecule has 1 N–H and O–H groups in total. The number of nitrogens with one attached hydrogen (secondary N) is 1. The number of oxazole rings is 1. The first kappa shape index (κ1) is 20.6. The van der Waals surface area contributed by atoms with E-state index in [1.165, 1.54) is 14.2 Å². The van der Waals surface area contributed by atoms with Crippen molar-refractivity contribution in [3.05, 3.63) is 40.7 Å². The summed E-state index contributed by atoms with van der Waals surface area (Å²) in [5.41, 5.74) is 1.34. The molecule has 0 aliphatic carbocycles. The van der Waals surface area contributed by atoms with Crippen molar-refractivity contribution in [3.8, 4) is 11.5 Å². The van der Waals surface area contributed by atoms with Crippen molar-refractivity contribution in [3.63, 3.8) is 0 Å². The maximum atomic E-state index is 12.2. The molecule has 0 spiro atoms. The SMILES string of the molecule is COC(CNC(=O)C[S@@](=O)Cc1nc(-c2ccc(Cl)cc2)oc1C)OC. The minimum atomic E-state index is -1.41. The van der Waals surface area contributed by atoms with Gasteiger partial charge in [0.2, 0.25) is 11.8 Å². The highest BCUT2D eigenvalue weighted by Gasteiger charge is 2.16. The van der Waals surface area contributed by atoms with Gasteiger partial charge in [-0.15, -0.1) is 0 Å². The lowest BCUT2D eigenvalue weighted by atomic mass is 10.2. The molecule has 0 unspecified atom stereocenters. The van der Waals surface area contributed by atoms with Gasteiger partial charge in [-0.2, -0.15) is 0 Å². The fraction of sp³-hybridized carbons (Fsp3) is 0.412. The van der Waals surface area contributed by atoms with Gasteiger partial charge in [-0.05, 0) is 31.2 Å². The summed E-state index contributed by atoms with van der Waals surface area (Å²) in [4.78, 5) is 16.2. The van der Waals surface area contributed by atoms with Crippen LogP contribution in [0.1, 0.15) is 11.5 Å². The Morgan fingerprint density at radius 1 is 1.31 bits per heavy atom. The molecule has 2 rings (SSSR count). The topological polar surface area (TPSA) is 90.7 Å². The summed E-state index contributed by atoms with van der Waals surface area (Å²) in [6.45, 7) is 1.94. The number of benzene rings is 1. The Morgan fingerprint density at radius 3 is 2.58 bits per heavy atom. The average molecular weight is 401 g/mol. The quantitative estimate of drug-likeness (QED) is 0.649. The van der Waals surface area contributed by atoms with Gasteiger partial charge in [0.1, 0.15) is 11.5 Å². The number of hydrogen-bond acceptors (Lipinski definition) is 6. The zero-order valence-electron chi connectivity index (χ0n) is 14.8. The predicted octanol–water partition coefficient (Wildman–Crippen LogP) is 2.29. The molecular formula is C17H21ClN2O5S. The van der Waals surface area contributed by atoms with Crippen molar-refractivity contribution in [2.75, 3.05) is 26.5 Å². The van der Waals surface area contributed by atoms with Crippen LogP contribution in [0.5, 0.6) is 0 Å². The van der Waals surface area contributed by atoms with Gasteiger partial charge >= 0.3 is 0 Å². The molecule has 26 heavy (non-hydrogen) atoms. The third-order valence-corrected chi connectivity index (χ3v) is 5.00. The van der Waals surface area contributed by atoms with E-state index < -0.39 is 17.1 Å². The van der Waals surface area contributed by atoms with Crippen molar-refractivity contribution in [1.29, 1.82) is 0 Å². The van der Waals surface area contributed by atoms with Crippen molar-refractivity contribution in [2.45, 2.75) is 19.0 Å². The van der Waals surface area contributed by atoms with Gasteiger partial charge in [0.25, 0.3) is 0 Å². The maximum Gasteiger partial charge on any atom is 0.232 e. The molecule has 0 fully saturated rings. The number of nitrogens with zero attached hydrogens (tertiary/aromatic N) is 1. The zero-order chi connectivity index (χ0) is 19.1. The second-order valence-corrected chi connectivity index (χ2v) is 7.36. The summed E-state index contributed by atoms with van der Waals surface area (Å²) < 4.78 is 27.8. The Balaban J connectivity index is 1.93. The molecule has 7 nitrogen and oxygen atoms in total. The molecule has 0 saturated carbocycles. The minimum absolute atomic E-state index is 0.133. The number of hydrogen-bond donors (Lipinski definition) is 1. The number of methoxy groups -OCH3 is 2. The molecule has 1 heterocycles. The monoisotopic (exact) mass is 400 g/mol. The highest BCUT2D eigenvalue weighted by Crippen LogP contribution is 2.24. The first-order valence-electron chi connectivity index (χ1n) is 7.82. The van der Waals surface area contributed by atoms with E-state index in [4.69, 9.17) is 25.5 Å². The summed E-state index contributed by atoms with van der Waals surface area (Å²) in [7, 11) is 1.54. The van der Waals surface area contributed by atoms with Crippen LogP contribution in [-0.2, 0) is 30.8 Å². The zero-order valence-corrected chi connectivity index (χ0v) is 16.4. The van der Waals surface area contributed by atoms with Gasteiger partial charge in [-0.1, -0.05) is 11.6 Å². The van der Waals surface area contributed by atoms with Crippen molar-refractivity contribution in [1.82, 2.24) is 10.3 Å². The molecule has 1 amide bonds. The second-order valence-electron chi connectivity index (χ2n) is 5.46. The third kappa shape index (κ3) is 5.91. The molecule has 1 atom stereocenters. The number of ether oxygens (including phenoxy) is 2. The first-order chi connectivity index (χ1) is 12.4. The van der Waals surface area contributed by atoms with E-state index in [9.17, 15) is 9.00 Å². The van der Waals surface area contributed by atoms with Gasteiger partial charge < -0.3 is 19.2 Å². The van der Waals surface area contributed by atoms with Gasteiger partial charge in [0, 0.05) is 35.6 Å². The van der Waals surface area contributed by atoms with Crippen LogP contribution in [-0.4, -0.2) is 47.9 Å². The van der Waals surface area contributed by atoms with E-state index in [1.54, 1.807) is 31.2 Å². The molecule has 0 radical (unpaired) electrons. The second kappa shape index (κ2) is 9.82. The Hall–Kier alpha value is -1.74. The molecule has 0 saturated heterocycles. The summed E-state index contributed by atoms with van der Waals surface area (Å²) in [5, 5.41) is 3.23. The standard InChI is InChI=1S/C17H21ClN2O5S/c1-11-14(20-17(25-11)12-4-6-13(18)7-5-12)9-26(22)10-15(21)19-8-16(23-2)24-3/h4-7,16H,8-10H2,1-3H3,(H,19,21)/t26-/m0/s1. The van der Waals surface area contributed by atoms with Crippen LogP contribution in [0.3, 0.4) is 0 Å². The molecular weight excluding hydrogens is 380 g/mol. The van der Waals surface area contributed by atoms with Crippen molar-refractivity contribution in [2.24, 2.45) is 0 Å². The fourth-order valence-corrected chi connectivity index (χ4v) is 3.33. The Morgan fingerprint density at radius 2 is 1.96 bits per heavy atom. The Kier molecular flexibility index (Phi) is 7.77. The van der Waals surface area contributed by atoms with E-state index in [0.29, 0.717) is 22.4 Å². The summed E-state index contributed by atoms with van der Waals surface area (Å²) in [5.74, 6) is 0.652.